The smallest absolute Gasteiger partial charge is 0.261 e. The van der Waals surface area contributed by atoms with E-state index in [1.807, 2.05) is 6.07 Å². The SMILES string of the molecule is CC(C)C(CNC(=O)c1cc(Br)c(Br)s1)C(C)C. The van der Waals surface area contributed by atoms with Gasteiger partial charge in [0.2, 0.25) is 0 Å². The Kier molecular flexibility index (Phi) is 6.35. The van der Waals surface area contributed by atoms with Gasteiger partial charge < -0.3 is 5.32 Å². The van der Waals surface area contributed by atoms with E-state index in [4.69, 9.17) is 0 Å². The van der Waals surface area contributed by atoms with Crippen LogP contribution in [0.15, 0.2) is 14.3 Å². The number of amides is 1. The molecule has 0 spiro atoms. The molecule has 0 aliphatic heterocycles. The van der Waals surface area contributed by atoms with Crippen molar-refractivity contribution in [3.63, 3.8) is 0 Å². The van der Waals surface area contributed by atoms with Crippen LogP contribution in [0.25, 0.3) is 0 Å². The molecule has 1 N–H and O–H groups in total. The van der Waals surface area contributed by atoms with Gasteiger partial charge in [0, 0.05) is 11.0 Å². The van der Waals surface area contributed by atoms with Gasteiger partial charge in [-0.25, -0.2) is 0 Å². The zero-order valence-electron chi connectivity index (χ0n) is 11.1. The maximum Gasteiger partial charge on any atom is 0.261 e. The topological polar surface area (TPSA) is 29.1 Å². The summed E-state index contributed by atoms with van der Waals surface area (Å²) in [6.45, 7) is 9.55. The molecule has 1 rings (SSSR count). The monoisotopic (exact) mass is 395 g/mol. The Balaban J connectivity index is 2.60. The van der Waals surface area contributed by atoms with Crippen LogP contribution in [0.2, 0.25) is 0 Å². The summed E-state index contributed by atoms with van der Waals surface area (Å²) in [4.78, 5) is 12.8. The van der Waals surface area contributed by atoms with Gasteiger partial charge in [0.15, 0.2) is 0 Å². The van der Waals surface area contributed by atoms with Crippen LogP contribution >= 0.6 is 43.2 Å². The van der Waals surface area contributed by atoms with Crippen LogP contribution in [0.4, 0.5) is 0 Å². The molecule has 0 aliphatic rings. The quantitative estimate of drug-likeness (QED) is 0.750. The van der Waals surface area contributed by atoms with Crippen molar-refractivity contribution < 1.29 is 4.79 Å². The molecule has 0 radical (unpaired) electrons. The zero-order chi connectivity index (χ0) is 13.9. The summed E-state index contributed by atoms with van der Waals surface area (Å²) in [5, 5.41) is 3.03. The zero-order valence-corrected chi connectivity index (χ0v) is 15.1. The summed E-state index contributed by atoms with van der Waals surface area (Å²) in [5.41, 5.74) is 0. The second-order valence-electron chi connectivity index (χ2n) is 5.09. The molecule has 1 aromatic heterocycles. The largest absolute Gasteiger partial charge is 0.351 e. The van der Waals surface area contributed by atoms with Crippen LogP contribution in [-0.4, -0.2) is 12.5 Å². The Bertz CT molecular complexity index is 388. The summed E-state index contributed by atoms with van der Waals surface area (Å²) < 4.78 is 1.89. The first kappa shape index (κ1) is 16.2. The lowest BCUT2D eigenvalue weighted by Crippen LogP contribution is -2.33. The second-order valence-corrected chi connectivity index (χ2v) is 8.32. The molecule has 0 saturated carbocycles. The van der Waals surface area contributed by atoms with Crippen LogP contribution in [0.3, 0.4) is 0 Å². The molecule has 102 valence electrons. The van der Waals surface area contributed by atoms with Crippen molar-refractivity contribution in [3.8, 4) is 0 Å². The lowest BCUT2D eigenvalue weighted by molar-refractivity contribution is 0.0941. The van der Waals surface area contributed by atoms with Crippen molar-refractivity contribution >= 4 is 49.1 Å². The lowest BCUT2D eigenvalue weighted by atomic mass is 9.85. The third-order valence-electron chi connectivity index (χ3n) is 3.08. The number of thiophene rings is 1. The minimum Gasteiger partial charge on any atom is -0.351 e. The Morgan fingerprint density at radius 2 is 1.83 bits per heavy atom. The van der Waals surface area contributed by atoms with Gasteiger partial charge >= 0.3 is 0 Å². The molecule has 0 saturated heterocycles. The normalized spacial score (nSPS) is 11.6. The maximum absolute atomic E-state index is 12.0. The van der Waals surface area contributed by atoms with Crippen molar-refractivity contribution in [3.05, 3.63) is 19.2 Å². The molecule has 0 bridgehead atoms. The average Bonchev–Trinajstić information content (AvgIpc) is 2.58. The first-order chi connectivity index (χ1) is 8.32. The van der Waals surface area contributed by atoms with Gasteiger partial charge in [-0.05, 0) is 55.7 Å². The molecule has 0 aliphatic carbocycles. The van der Waals surface area contributed by atoms with Crippen molar-refractivity contribution in [2.75, 3.05) is 6.54 Å². The highest BCUT2D eigenvalue weighted by Crippen LogP contribution is 2.32. The van der Waals surface area contributed by atoms with E-state index in [0.29, 0.717) is 17.8 Å². The van der Waals surface area contributed by atoms with Crippen molar-refractivity contribution in [2.45, 2.75) is 27.7 Å². The number of carbonyl (C=O) groups is 1. The summed E-state index contributed by atoms with van der Waals surface area (Å²) in [7, 11) is 0. The molecular formula is C13H19Br2NOS. The number of halogens is 2. The van der Waals surface area contributed by atoms with Gasteiger partial charge in [0.05, 0.1) is 8.66 Å². The average molecular weight is 397 g/mol. The fourth-order valence-corrected chi connectivity index (χ4v) is 3.95. The van der Waals surface area contributed by atoms with Gasteiger partial charge in [-0.15, -0.1) is 11.3 Å². The lowest BCUT2D eigenvalue weighted by Gasteiger charge is -2.24. The van der Waals surface area contributed by atoms with E-state index in [1.54, 1.807) is 0 Å². The van der Waals surface area contributed by atoms with Gasteiger partial charge in [-0.3, -0.25) is 4.79 Å². The van der Waals surface area contributed by atoms with Crippen LogP contribution in [0.1, 0.15) is 37.4 Å². The van der Waals surface area contributed by atoms with E-state index >= 15 is 0 Å². The molecule has 1 amide bonds. The molecule has 0 atom stereocenters. The molecular weight excluding hydrogens is 378 g/mol. The van der Waals surface area contributed by atoms with E-state index in [0.717, 1.165) is 19.7 Å². The Morgan fingerprint density at radius 1 is 1.28 bits per heavy atom. The number of hydrogen-bond donors (Lipinski definition) is 1. The molecule has 2 nitrogen and oxygen atoms in total. The van der Waals surface area contributed by atoms with Crippen molar-refractivity contribution in [1.82, 2.24) is 5.32 Å². The van der Waals surface area contributed by atoms with Crippen LogP contribution in [0.5, 0.6) is 0 Å². The number of nitrogens with one attached hydrogen (secondary N) is 1. The minimum atomic E-state index is 0.0118. The van der Waals surface area contributed by atoms with Crippen LogP contribution < -0.4 is 5.32 Å². The van der Waals surface area contributed by atoms with Crippen LogP contribution in [0, 0.1) is 17.8 Å². The number of hydrogen-bond acceptors (Lipinski definition) is 2. The highest BCUT2D eigenvalue weighted by molar-refractivity contribution is 9.13. The van der Waals surface area contributed by atoms with Gasteiger partial charge in [-0.1, -0.05) is 27.7 Å². The second kappa shape index (κ2) is 7.06. The first-order valence-corrected chi connectivity index (χ1v) is 8.46. The predicted molar refractivity (Wildman–Crippen MR) is 85.2 cm³/mol. The Hall–Kier alpha value is 0.130. The molecule has 18 heavy (non-hydrogen) atoms. The van der Waals surface area contributed by atoms with E-state index in [1.165, 1.54) is 11.3 Å². The molecule has 0 aromatic carbocycles. The van der Waals surface area contributed by atoms with E-state index in [-0.39, 0.29) is 5.91 Å². The first-order valence-electron chi connectivity index (χ1n) is 6.06. The molecule has 1 heterocycles. The molecule has 0 fully saturated rings. The molecule has 1 aromatic rings. The standard InChI is InChI=1S/C13H19Br2NOS/c1-7(2)9(8(3)4)6-16-13(17)11-5-10(14)12(15)18-11/h5,7-9H,6H2,1-4H3,(H,16,17). The summed E-state index contributed by atoms with van der Waals surface area (Å²) in [5.74, 6) is 1.68. The summed E-state index contributed by atoms with van der Waals surface area (Å²) in [6.07, 6.45) is 0. The summed E-state index contributed by atoms with van der Waals surface area (Å²) >= 11 is 8.25. The van der Waals surface area contributed by atoms with Gasteiger partial charge in [0.1, 0.15) is 0 Å². The minimum absolute atomic E-state index is 0.0118. The van der Waals surface area contributed by atoms with Gasteiger partial charge in [-0.2, -0.15) is 0 Å². The Labute approximate surface area is 130 Å². The molecule has 0 unspecified atom stereocenters. The third-order valence-corrected chi connectivity index (χ3v) is 6.33. The maximum atomic E-state index is 12.0. The number of carbonyl (C=O) groups excluding carboxylic acids is 1. The Morgan fingerprint density at radius 3 is 2.22 bits per heavy atom. The fourth-order valence-electron chi connectivity index (χ4n) is 2.00. The van der Waals surface area contributed by atoms with Crippen molar-refractivity contribution in [2.24, 2.45) is 17.8 Å². The van der Waals surface area contributed by atoms with Crippen molar-refractivity contribution in [1.29, 1.82) is 0 Å². The third kappa shape index (κ3) is 4.35. The predicted octanol–water partition coefficient (Wildman–Crippen LogP) is 4.93. The van der Waals surface area contributed by atoms with Crippen LogP contribution in [-0.2, 0) is 0 Å². The fraction of sp³-hybridized carbons (Fsp3) is 0.615. The highest BCUT2D eigenvalue weighted by atomic mass is 79.9. The van der Waals surface area contributed by atoms with E-state index < -0.39 is 0 Å². The summed E-state index contributed by atoms with van der Waals surface area (Å²) in [6, 6.07) is 1.85. The number of rotatable bonds is 5. The molecule has 5 heteroatoms. The van der Waals surface area contributed by atoms with E-state index in [9.17, 15) is 4.79 Å². The van der Waals surface area contributed by atoms with E-state index in [2.05, 4.69) is 64.9 Å². The highest BCUT2D eigenvalue weighted by Gasteiger charge is 2.19. The van der Waals surface area contributed by atoms with Gasteiger partial charge in [0.25, 0.3) is 5.91 Å².